The minimum atomic E-state index is -5.08. The highest BCUT2D eigenvalue weighted by atomic mass is 32.2. The largest absolute Gasteiger partial charge is 0.490 e. The van der Waals surface area contributed by atoms with Crippen molar-refractivity contribution in [3.63, 3.8) is 0 Å². The number of nitrogens with one attached hydrogen (secondary N) is 3. The molecule has 0 aliphatic carbocycles. The highest BCUT2D eigenvalue weighted by Crippen LogP contribution is 2.33. The average Bonchev–Trinajstić information content (AvgIpc) is 3.23. The molecule has 2 aliphatic rings. The van der Waals surface area contributed by atoms with Crippen molar-refractivity contribution in [2.24, 2.45) is 5.73 Å². The summed E-state index contributed by atoms with van der Waals surface area (Å²) in [4.78, 5) is 42.6. The van der Waals surface area contributed by atoms with E-state index in [0.717, 1.165) is 31.4 Å². The predicted octanol–water partition coefficient (Wildman–Crippen LogP) is 1.04. The fourth-order valence-corrected chi connectivity index (χ4v) is 4.75. The second kappa shape index (κ2) is 13.4. The Kier molecular flexibility index (Phi) is 11.6. The van der Waals surface area contributed by atoms with Crippen molar-refractivity contribution in [2.45, 2.75) is 74.5 Å². The summed E-state index contributed by atoms with van der Waals surface area (Å²) in [5, 5.41) is 25.0. The Morgan fingerprint density at radius 3 is 2.41 bits per heavy atom. The molecule has 0 unspecified atom stereocenters. The summed E-state index contributed by atoms with van der Waals surface area (Å²) in [6.07, 6.45) is 0.0933. The number of fused-ring (bicyclic) bond motifs is 1. The molecular weight excluding hydrogens is 457 g/mol. The summed E-state index contributed by atoms with van der Waals surface area (Å²) in [7, 11) is 0. The molecule has 2 aliphatic heterocycles. The van der Waals surface area contributed by atoms with Crippen molar-refractivity contribution in [1.29, 1.82) is 0 Å². The number of hydrogen-bond donors (Lipinski definition) is 6. The molecule has 2 saturated heterocycles. The number of alkyl halides is 3. The normalized spacial score (nSPS) is 22.6. The first-order valence-electron chi connectivity index (χ1n) is 10.2. The van der Waals surface area contributed by atoms with Crippen LogP contribution >= 0.6 is 11.8 Å². The minimum Gasteiger partial charge on any atom is -0.480 e. The zero-order valence-electron chi connectivity index (χ0n) is 17.3. The molecule has 0 saturated carbocycles. The third-order valence-corrected chi connectivity index (χ3v) is 6.41. The molecule has 2 rings (SSSR count). The van der Waals surface area contributed by atoms with Gasteiger partial charge in [-0.2, -0.15) is 24.9 Å². The van der Waals surface area contributed by atoms with Crippen molar-refractivity contribution in [3.8, 4) is 0 Å². The van der Waals surface area contributed by atoms with Crippen molar-refractivity contribution in [1.82, 2.24) is 16.0 Å². The van der Waals surface area contributed by atoms with Gasteiger partial charge in [0.2, 0.25) is 5.91 Å². The van der Waals surface area contributed by atoms with Gasteiger partial charge in [-0.15, -0.1) is 0 Å². The van der Waals surface area contributed by atoms with Crippen LogP contribution in [-0.4, -0.2) is 75.9 Å². The van der Waals surface area contributed by atoms with Gasteiger partial charge in [-0.1, -0.05) is 6.42 Å². The van der Waals surface area contributed by atoms with Crippen LogP contribution in [0.1, 0.15) is 44.9 Å². The van der Waals surface area contributed by atoms with Gasteiger partial charge >= 0.3 is 24.1 Å². The number of carboxylic acids is 2. The first-order valence-corrected chi connectivity index (χ1v) is 11.2. The number of aliphatic carboxylic acids is 2. The van der Waals surface area contributed by atoms with Gasteiger partial charge in [0.05, 0.1) is 12.1 Å². The Hall–Kier alpha value is -2.22. The third kappa shape index (κ3) is 10.4. The van der Waals surface area contributed by atoms with Gasteiger partial charge in [0, 0.05) is 24.0 Å². The van der Waals surface area contributed by atoms with Gasteiger partial charge in [0.1, 0.15) is 6.04 Å². The van der Waals surface area contributed by atoms with Crippen LogP contribution in [0.15, 0.2) is 0 Å². The maximum atomic E-state index is 11.8. The number of urea groups is 1. The SMILES string of the molecule is N[C@H](CCCCNC(=O)CCCC[C@H]1SC[C@H]2NC(=O)N[C@H]21)C(=O)O.O=C(O)C(F)(F)F. The zero-order chi connectivity index (χ0) is 24.3. The van der Waals surface area contributed by atoms with Crippen molar-refractivity contribution in [3.05, 3.63) is 0 Å². The van der Waals surface area contributed by atoms with Crippen molar-refractivity contribution in [2.75, 3.05) is 12.3 Å². The molecule has 7 N–H and O–H groups in total. The number of carboxylic acid groups (broad SMARTS) is 2. The van der Waals surface area contributed by atoms with E-state index in [-0.39, 0.29) is 24.0 Å². The molecule has 2 heterocycles. The Labute approximate surface area is 187 Å². The molecule has 4 atom stereocenters. The maximum absolute atomic E-state index is 11.8. The quantitative estimate of drug-likeness (QED) is 0.186. The Morgan fingerprint density at radius 2 is 1.81 bits per heavy atom. The van der Waals surface area contributed by atoms with Crippen LogP contribution in [0.2, 0.25) is 0 Å². The molecule has 3 amide bonds. The van der Waals surface area contributed by atoms with E-state index in [9.17, 15) is 27.6 Å². The number of carbonyl (C=O) groups is 4. The van der Waals surface area contributed by atoms with Crippen LogP contribution in [-0.2, 0) is 14.4 Å². The van der Waals surface area contributed by atoms with E-state index < -0.39 is 24.2 Å². The Morgan fingerprint density at radius 1 is 1.16 bits per heavy atom. The fourth-order valence-electron chi connectivity index (χ4n) is 3.20. The zero-order valence-corrected chi connectivity index (χ0v) is 18.1. The molecule has 10 nitrogen and oxygen atoms in total. The van der Waals surface area contributed by atoms with Crippen molar-refractivity contribution >= 4 is 35.6 Å². The second-order valence-corrected chi connectivity index (χ2v) is 8.73. The van der Waals surface area contributed by atoms with E-state index in [1.807, 2.05) is 11.8 Å². The lowest BCUT2D eigenvalue weighted by Crippen LogP contribution is -2.36. The predicted molar refractivity (Wildman–Crippen MR) is 110 cm³/mol. The van der Waals surface area contributed by atoms with Crippen molar-refractivity contribution < 1.29 is 42.6 Å². The van der Waals surface area contributed by atoms with Gasteiger partial charge in [-0.05, 0) is 32.1 Å². The van der Waals surface area contributed by atoms with Gasteiger partial charge in [0.15, 0.2) is 0 Å². The standard InChI is InChI=1S/C16H28N4O4S.C2HF3O2/c17-10(15(22)23)5-3-4-8-18-13(21)7-2-1-6-12-14-11(9-25-12)19-16(24)20-14;3-2(4,5)1(6)7/h10-12,14H,1-9,17H2,(H,18,21)(H,22,23)(H2,19,20,24);(H,6,7)/t10-,11-,12-,14-;/m1./s1. The van der Waals surface area contributed by atoms with Crippen LogP contribution in [0.5, 0.6) is 0 Å². The third-order valence-electron chi connectivity index (χ3n) is 4.90. The molecule has 0 aromatic heterocycles. The highest BCUT2D eigenvalue weighted by molar-refractivity contribution is 8.00. The van der Waals surface area contributed by atoms with Crippen LogP contribution in [0.3, 0.4) is 0 Å². The molecule has 32 heavy (non-hydrogen) atoms. The number of thioether (sulfide) groups is 1. The smallest absolute Gasteiger partial charge is 0.480 e. The van der Waals surface area contributed by atoms with Crippen LogP contribution in [0, 0.1) is 0 Å². The summed E-state index contributed by atoms with van der Waals surface area (Å²) < 4.78 is 31.7. The number of unbranched alkanes of at least 4 members (excludes halogenated alkanes) is 2. The van der Waals surface area contributed by atoms with E-state index in [0.29, 0.717) is 31.1 Å². The van der Waals surface area contributed by atoms with Gasteiger partial charge < -0.3 is 31.9 Å². The van der Waals surface area contributed by atoms with Gasteiger partial charge in [0.25, 0.3) is 0 Å². The first-order chi connectivity index (χ1) is 14.9. The van der Waals surface area contributed by atoms with E-state index in [1.165, 1.54) is 0 Å². The summed E-state index contributed by atoms with van der Waals surface area (Å²) in [5.41, 5.74) is 5.42. The highest BCUT2D eigenvalue weighted by Gasteiger charge is 2.42. The number of amides is 3. The minimum absolute atomic E-state index is 0.0373. The Balaban J connectivity index is 0.000000633. The Bertz CT molecular complexity index is 667. The van der Waals surface area contributed by atoms with Crippen LogP contribution in [0.25, 0.3) is 0 Å². The fraction of sp³-hybridized carbons (Fsp3) is 0.778. The lowest BCUT2D eigenvalue weighted by molar-refractivity contribution is -0.192. The van der Waals surface area contributed by atoms with E-state index in [2.05, 4.69) is 16.0 Å². The molecule has 0 spiro atoms. The lowest BCUT2D eigenvalue weighted by atomic mass is 10.0. The van der Waals surface area contributed by atoms with E-state index in [1.54, 1.807) is 0 Å². The molecule has 184 valence electrons. The molecule has 2 fully saturated rings. The molecule has 0 radical (unpaired) electrons. The van der Waals surface area contributed by atoms with Gasteiger partial charge in [-0.25, -0.2) is 9.59 Å². The van der Waals surface area contributed by atoms with Gasteiger partial charge in [-0.3, -0.25) is 9.59 Å². The number of halogens is 3. The van der Waals surface area contributed by atoms with Crippen LogP contribution in [0.4, 0.5) is 18.0 Å². The molecular formula is C18H29F3N4O6S. The monoisotopic (exact) mass is 486 g/mol. The summed E-state index contributed by atoms with van der Waals surface area (Å²) in [6, 6.07) is -0.406. The maximum Gasteiger partial charge on any atom is 0.490 e. The lowest BCUT2D eigenvalue weighted by Gasteiger charge is -2.16. The summed E-state index contributed by atoms with van der Waals surface area (Å²) >= 11 is 1.89. The molecule has 0 bridgehead atoms. The van der Waals surface area contributed by atoms with Crippen LogP contribution < -0.4 is 21.7 Å². The number of carbonyl (C=O) groups excluding carboxylic acids is 2. The average molecular weight is 487 g/mol. The summed E-state index contributed by atoms with van der Waals surface area (Å²) in [5.74, 6) is -2.74. The number of nitrogens with two attached hydrogens (primary N) is 1. The first kappa shape index (κ1) is 27.8. The molecule has 14 heteroatoms. The summed E-state index contributed by atoms with van der Waals surface area (Å²) in [6.45, 7) is 0.561. The number of hydrogen-bond acceptors (Lipinski definition) is 6. The van der Waals surface area contributed by atoms with E-state index >= 15 is 0 Å². The van der Waals surface area contributed by atoms with E-state index in [4.69, 9.17) is 20.7 Å². The molecule has 0 aromatic rings. The number of rotatable bonds is 11. The topological polar surface area (TPSA) is 171 Å². The molecule has 0 aromatic carbocycles. The second-order valence-electron chi connectivity index (χ2n) is 7.46.